The smallest absolute Gasteiger partial charge is 0.327 e. The van der Waals surface area contributed by atoms with Crippen molar-refractivity contribution in [1.29, 1.82) is 0 Å². The Morgan fingerprint density at radius 2 is 1.94 bits per heavy atom. The van der Waals surface area contributed by atoms with E-state index in [-0.39, 0.29) is 17.0 Å². The van der Waals surface area contributed by atoms with Crippen molar-refractivity contribution in [2.24, 2.45) is 5.73 Å². The highest BCUT2D eigenvalue weighted by molar-refractivity contribution is 6.31. The Kier molecular flexibility index (Phi) is 3.80. The van der Waals surface area contributed by atoms with Gasteiger partial charge in [-0.1, -0.05) is 18.5 Å². The van der Waals surface area contributed by atoms with E-state index < -0.39 is 11.7 Å². The van der Waals surface area contributed by atoms with Crippen LogP contribution in [0.5, 0.6) is 0 Å². The second-order valence-electron chi connectivity index (χ2n) is 3.74. The molecule has 0 unspecified atom stereocenters. The minimum absolute atomic E-state index is 0.000347. The van der Waals surface area contributed by atoms with Gasteiger partial charge in [0.1, 0.15) is 0 Å². The lowest BCUT2D eigenvalue weighted by Crippen LogP contribution is -2.23. The Labute approximate surface area is 96.6 Å². The van der Waals surface area contributed by atoms with Gasteiger partial charge in [0, 0.05) is 18.2 Å². The van der Waals surface area contributed by atoms with E-state index in [1.165, 1.54) is 0 Å². The largest absolute Gasteiger partial charge is 0.417 e. The van der Waals surface area contributed by atoms with Crippen LogP contribution in [-0.2, 0) is 6.18 Å². The monoisotopic (exact) mass is 252 g/mol. The van der Waals surface area contributed by atoms with Crippen LogP contribution < -0.4 is 5.73 Å². The van der Waals surface area contributed by atoms with Crippen LogP contribution in [0.4, 0.5) is 13.2 Å². The molecule has 0 aliphatic heterocycles. The third-order valence-corrected chi connectivity index (χ3v) is 2.72. The fourth-order valence-electron chi connectivity index (χ4n) is 1.19. The van der Waals surface area contributed by atoms with Crippen LogP contribution in [-0.4, -0.2) is 11.0 Å². The van der Waals surface area contributed by atoms with Gasteiger partial charge >= 0.3 is 6.18 Å². The summed E-state index contributed by atoms with van der Waals surface area (Å²) in [5.74, 6) is -0.185. The third-order valence-electron chi connectivity index (χ3n) is 2.42. The third kappa shape index (κ3) is 2.86. The normalized spacial score (nSPS) is 15.9. The molecule has 1 rings (SSSR count). The summed E-state index contributed by atoms with van der Waals surface area (Å²) < 4.78 is 37.0. The highest BCUT2D eigenvalue weighted by Crippen LogP contribution is 2.33. The van der Waals surface area contributed by atoms with Crippen molar-refractivity contribution in [2.45, 2.75) is 32.0 Å². The second-order valence-corrected chi connectivity index (χ2v) is 4.14. The van der Waals surface area contributed by atoms with Crippen LogP contribution in [0.2, 0.25) is 5.02 Å². The fraction of sp³-hybridized carbons (Fsp3) is 0.500. The first-order chi connectivity index (χ1) is 7.23. The van der Waals surface area contributed by atoms with E-state index in [9.17, 15) is 13.2 Å². The first-order valence-electron chi connectivity index (χ1n) is 4.71. The molecule has 1 aromatic rings. The molecule has 2 N–H and O–H groups in total. The molecule has 6 heteroatoms. The van der Waals surface area contributed by atoms with Gasteiger partial charge in [-0.2, -0.15) is 13.2 Å². The van der Waals surface area contributed by atoms with E-state index in [2.05, 4.69) is 4.98 Å². The first kappa shape index (κ1) is 13.3. The highest BCUT2D eigenvalue weighted by Gasteiger charge is 2.32. The average Bonchev–Trinajstić information content (AvgIpc) is 2.15. The minimum Gasteiger partial charge on any atom is -0.327 e. The Balaban J connectivity index is 3.10. The summed E-state index contributed by atoms with van der Waals surface area (Å²) in [6.07, 6.45) is -3.65. The molecule has 1 aromatic heterocycles. The van der Waals surface area contributed by atoms with Gasteiger partial charge in [0.15, 0.2) is 0 Å². The van der Waals surface area contributed by atoms with Crippen molar-refractivity contribution >= 4 is 11.6 Å². The number of nitrogens with zero attached hydrogens (tertiary/aromatic N) is 1. The summed E-state index contributed by atoms with van der Waals surface area (Å²) in [5.41, 5.74) is 5.18. The van der Waals surface area contributed by atoms with E-state index >= 15 is 0 Å². The number of hydrogen-bond acceptors (Lipinski definition) is 2. The van der Waals surface area contributed by atoms with Gasteiger partial charge in [-0.25, -0.2) is 0 Å². The van der Waals surface area contributed by atoms with E-state index in [1.54, 1.807) is 13.8 Å². The van der Waals surface area contributed by atoms with Gasteiger partial charge in [-0.05, 0) is 13.0 Å². The van der Waals surface area contributed by atoms with Crippen molar-refractivity contribution < 1.29 is 13.2 Å². The maximum absolute atomic E-state index is 12.3. The molecule has 0 aromatic carbocycles. The molecule has 0 fully saturated rings. The lowest BCUT2D eigenvalue weighted by Gasteiger charge is -2.17. The van der Waals surface area contributed by atoms with Gasteiger partial charge in [0.05, 0.1) is 16.3 Å². The first-order valence-corrected chi connectivity index (χ1v) is 5.09. The number of halogens is 4. The van der Waals surface area contributed by atoms with Crippen LogP contribution in [0, 0.1) is 0 Å². The lowest BCUT2D eigenvalue weighted by molar-refractivity contribution is -0.137. The molecule has 1 heterocycles. The zero-order chi connectivity index (χ0) is 12.5. The van der Waals surface area contributed by atoms with Crippen molar-refractivity contribution in [3.63, 3.8) is 0 Å². The second kappa shape index (κ2) is 4.59. The van der Waals surface area contributed by atoms with Crippen LogP contribution in [0.25, 0.3) is 0 Å². The molecule has 0 amide bonds. The summed E-state index contributed by atoms with van der Waals surface area (Å²) in [5, 5.41) is -0.000347. The van der Waals surface area contributed by atoms with E-state index in [4.69, 9.17) is 17.3 Å². The van der Waals surface area contributed by atoms with Crippen LogP contribution >= 0.6 is 11.6 Å². The maximum atomic E-state index is 12.3. The maximum Gasteiger partial charge on any atom is 0.417 e. The zero-order valence-electron chi connectivity index (χ0n) is 8.85. The molecule has 2 nitrogen and oxygen atoms in total. The van der Waals surface area contributed by atoms with E-state index in [0.717, 1.165) is 12.3 Å². The quantitative estimate of drug-likeness (QED) is 0.878. The van der Waals surface area contributed by atoms with Crippen LogP contribution in [0.15, 0.2) is 12.3 Å². The molecule has 0 saturated heterocycles. The molecule has 0 radical (unpaired) electrons. The fourth-order valence-corrected chi connectivity index (χ4v) is 1.53. The van der Waals surface area contributed by atoms with Gasteiger partial charge < -0.3 is 5.73 Å². The number of hydrogen-bond donors (Lipinski definition) is 1. The molecule has 2 atom stereocenters. The molecule has 16 heavy (non-hydrogen) atoms. The molecule has 0 aliphatic rings. The van der Waals surface area contributed by atoms with E-state index in [0.29, 0.717) is 5.69 Å². The number of nitrogens with two attached hydrogens (primary N) is 1. The topological polar surface area (TPSA) is 38.9 Å². The minimum atomic E-state index is -4.42. The summed E-state index contributed by atoms with van der Waals surface area (Å²) in [4.78, 5) is 3.73. The lowest BCUT2D eigenvalue weighted by atomic mass is 9.99. The predicted molar refractivity (Wildman–Crippen MR) is 56.3 cm³/mol. The number of aromatic nitrogens is 1. The molecule has 0 saturated carbocycles. The summed E-state index contributed by atoms with van der Waals surface area (Å²) in [7, 11) is 0. The van der Waals surface area contributed by atoms with Crippen molar-refractivity contribution in [1.82, 2.24) is 4.98 Å². The Bertz CT molecular complexity index is 377. The Morgan fingerprint density at radius 3 is 2.31 bits per heavy atom. The Morgan fingerprint density at radius 1 is 1.38 bits per heavy atom. The zero-order valence-corrected chi connectivity index (χ0v) is 9.60. The summed E-state index contributed by atoms with van der Waals surface area (Å²) >= 11 is 5.76. The average molecular weight is 253 g/mol. The number of alkyl halides is 3. The van der Waals surface area contributed by atoms with Gasteiger partial charge in [-0.3, -0.25) is 4.98 Å². The van der Waals surface area contributed by atoms with Crippen LogP contribution in [0.1, 0.15) is 31.0 Å². The van der Waals surface area contributed by atoms with Crippen molar-refractivity contribution in [2.75, 3.05) is 0 Å². The predicted octanol–water partition coefficient (Wildman–Crippen LogP) is 3.20. The van der Waals surface area contributed by atoms with Crippen molar-refractivity contribution in [3.8, 4) is 0 Å². The molecular formula is C10H12ClF3N2. The number of rotatable bonds is 2. The molecular weight excluding hydrogens is 241 g/mol. The number of pyridine rings is 1. The van der Waals surface area contributed by atoms with Gasteiger partial charge in [0.25, 0.3) is 0 Å². The molecule has 90 valence electrons. The highest BCUT2D eigenvalue weighted by atomic mass is 35.5. The SMILES string of the molecule is C[C@@H](N)[C@@H](C)c1ncc(C(F)(F)F)cc1Cl. The van der Waals surface area contributed by atoms with Gasteiger partial charge in [-0.15, -0.1) is 0 Å². The summed E-state index contributed by atoms with van der Waals surface area (Å²) in [6, 6.07) is 0.657. The van der Waals surface area contributed by atoms with Crippen molar-refractivity contribution in [3.05, 3.63) is 28.5 Å². The summed E-state index contributed by atoms with van der Waals surface area (Å²) in [6.45, 7) is 3.52. The Hall–Kier alpha value is -0.810. The van der Waals surface area contributed by atoms with E-state index in [1.807, 2.05) is 0 Å². The molecule has 0 bridgehead atoms. The molecule has 0 aliphatic carbocycles. The standard InChI is InChI=1S/C10H12ClF3N2/c1-5(6(2)15)9-8(11)3-7(4-16-9)10(12,13)14/h3-6H,15H2,1-2H3/t5-,6-/m1/s1. The van der Waals surface area contributed by atoms with Gasteiger partial charge in [0.2, 0.25) is 0 Å². The molecule has 0 spiro atoms. The van der Waals surface area contributed by atoms with Crippen LogP contribution in [0.3, 0.4) is 0 Å².